The summed E-state index contributed by atoms with van der Waals surface area (Å²) in [7, 11) is 0. The Morgan fingerprint density at radius 1 is 1.64 bits per heavy atom. The van der Waals surface area contributed by atoms with Crippen LogP contribution in [-0.4, -0.2) is 17.6 Å². The molecule has 14 heavy (non-hydrogen) atoms. The monoisotopic (exact) mass is 197 g/mol. The Morgan fingerprint density at radius 2 is 2.36 bits per heavy atom. The van der Waals surface area contributed by atoms with Gasteiger partial charge in [-0.1, -0.05) is 6.07 Å². The first kappa shape index (κ1) is 9.08. The van der Waals surface area contributed by atoms with Crippen LogP contribution >= 0.6 is 0 Å². The van der Waals surface area contributed by atoms with E-state index in [1.807, 2.05) is 0 Å². The summed E-state index contributed by atoms with van der Waals surface area (Å²) in [4.78, 5) is 9.69. The molecule has 0 radical (unpaired) electrons. The molecule has 5 heteroatoms. The summed E-state index contributed by atoms with van der Waals surface area (Å²) in [5.74, 6) is -0.796. The van der Waals surface area contributed by atoms with Crippen LogP contribution in [0.15, 0.2) is 18.2 Å². The first-order chi connectivity index (χ1) is 6.66. The molecular weight excluding hydrogens is 189 g/mol. The zero-order chi connectivity index (χ0) is 10.1. The van der Waals surface area contributed by atoms with E-state index in [2.05, 4.69) is 0 Å². The van der Waals surface area contributed by atoms with E-state index in [1.165, 1.54) is 6.07 Å². The van der Waals surface area contributed by atoms with Gasteiger partial charge in [0.1, 0.15) is 0 Å². The summed E-state index contributed by atoms with van der Waals surface area (Å²) >= 11 is 0. The number of nitrogens with zero attached hydrogens (tertiary/aromatic N) is 1. The Labute approximate surface area is 79.5 Å². The molecule has 0 saturated carbocycles. The zero-order valence-electron chi connectivity index (χ0n) is 7.27. The number of epoxide rings is 1. The minimum atomic E-state index is -0.796. The molecule has 1 fully saturated rings. The van der Waals surface area contributed by atoms with E-state index in [1.54, 1.807) is 6.07 Å². The van der Waals surface area contributed by atoms with Crippen LogP contribution in [0.3, 0.4) is 0 Å². The summed E-state index contributed by atoms with van der Waals surface area (Å²) < 4.78 is 17.9. The highest BCUT2D eigenvalue weighted by Gasteiger charge is 2.24. The molecule has 0 amide bonds. The van der Waals surface area contributed by atoms with Gasteiger partial charge in [0.25, 0.3) is 0 Å². The number of nitro benzene ring substituents is 1. The van der Waals surface area contributed by atoms with Gasteiger partial charge < -0.3 is 4.74 Å². The highest BCUT2D eigenvalue weighted by molar-refractivity contribution is 5.36. The van der Waals surface area contributed by atoms with Crippen molar-refractivity contribution in [2.24, 2.45) is 0 Å². The van der Waals surface area contributed by atoms with Gasteiger partial charge in [-0.15, -0.1) is 0 Å². The van der Waals surface area contributed by atoms with Gasteiger partial charge in [-0.2, -0.15) is 4.39 Å². The molecule has 1 unspecified atom stereocenters. The van der Waals surface area contributed by atoms with E-state index in [4.69, 9.17) is 4.74 Å². The number of halogens is 1. The Hall–Kier alpha value is -1.49. The molecule has 0 spiro atoms. The van der Waals surface area contributed by atoms with E-state index in [0.29, 0.717) is 13.0 Å². The normalized spacial score (nSPS) is 19.4. The Kier molecular flexibility index (Phi) is 2.17. The number of hydrogen-bond donors (Lipinski definition) is 0. The molecule has 0 N–H and O–H groups in total. The first-order valence-electron chi connectivity index (χ1n) is 4.21. The molecule has 1 aromatic rings. The maximum absolute atomic E-state index is 12.9. The van der Waals surface area contributed by atoms with Crippen molar-refractivity contribution >= 4 is 5.69 Å². The predicted octanol–water partition coefficient (Wildman–Crippen LogP) is 1.68. The van der Waals surface area contributed by atoms with Crippen LogP contribution in [-0.2, 0) is 11.2 Å². The van der Waals surface area contributed by atoms with Gasteiger partial charge in [0, 0.05) is 12.5 Å². The highest BCUT2D eigenvalue weighted by Crippen LogP contribution is 2.22. The average Bonchev–Trinajstić information content (AvgIpc) is 2.92. The molecule has 74 valence electrons. The van der Waals surface area contributed by atoms with Gasteiger partial charge in [-0.3, -0.25) is 10.1 Å². The Morgan fingerprint density at radius 3 is 2.93 bits per heavy atom. The minimum Gasteiger partial charge on any atom is -0.373 e. The Balaban J connectivity index is 2.24. The number of nitro groups is 1. The molecule has 1 aromatic carbocycles. The van der Waals surface area contributed by atoms with Crippen LogP contribution in [0.1, 0.15) is 5.56 Å². The molecule has 1 saturated heterocycles. The fourth-order valence-corrected chi connectivity index (χ4v) is 1.27. The van der Waals surface area contributed by atoms with Crippen molar-refractivity contribution < 1.29 is 14.1 Å². The van der Waals surface area contributed by atoms with Gasteiger partial charge in [0.05, 0.1) is 17.6 Å². The lowest BCUT2D eigenvalue weighted by Crippen LogP contribution is -1.97. The zero-order valence-corrected chi connectivity index (χ0v) is 7.27. The van der Waals surface area contributed by atoms with Crippen molar-refractivity contribution in [3.05, 3.63) is 39.7 Å². The van der Waals surface area contributed by atoms with Crippen molar-refractivity contribution in [2.75, 3.05) is 6.61 Å². The Bertz CT molecular complexity index is 376. The molecule has 1 heterocycles. The van der Waals surface area contributed by atoms with Gasteiger partial charge >= 0.3 is 5.69 Å². The van der Waals surface area contributed by atoms with E-state index in [-0.39, 0.29) is 6.10 Å². The predicted molar refractivity (Wildman–Crippen MR) is 46.5 cm³/mol. The summed E-state index contributed by atoms with van der Waals surface area (Å²) in [6.07, 6.45) is 0.765. The lowest BCUT2D eigenvalue weighted by molar-refractivity contribution is -0.387. The first-order valence-corrected chi connectivity index (χ1v) is 4.21. The van der Waals surface area contributed by atoms with Crippen LogP contribution in [0, 0.1) is 15.9 Å². The van der Waals surface area contributed by atoms with Crippen LogP contribution < -0.4 is 0 Å². The maximum atomic E-state index is 12.9. The quantitative estimate of drug-likeness (QED) is 0.420. The average molecular weight is 197 g/mol. The summed E-state index contributed by atoms with van der Waals surface area (Å²) in [6, 6.07) is 3.93. The number of hydrogen-bond acceptors (Lipinski definition) is 3. The summed E-state index contributed by atoms with van der Waals surface area (Å²) in [6.45, 7) is 0.686. The molecule has 0 aliphatic carbocycles. The fourth-order valence-electron chi connectivity index (χ4n) is 1.27. The summed E-state index contributed by atoms with van der Waals surface area (Å²) in [5.41, 5.74) is 0.267. The van der Waals surface area contributed by atoms with Crippen molar-refractivity contribution in [1.29, 1.82) is 0 Å². The van der Waals surface area contributed by atoms with Gasteiger partial charge in [0.15, 0.2) is 0 Å². The lowest BCUT2D eigenvalue weighted by atomic mass is 10.1. The number of benzene rings is 1. The molecule has 0 aromatic heterocycles. The second-order valence-corrected chi connectivity index (χ2v) is 3.20. The molecule has 1 aliphatic heterocycles. The van der Waals surface area contributed by atoms with Gasteiger partial charge in [-0.05, 0) is 11.6 Å². The highest BCUT2D eigenvalue weighted by atomic mass is 19.1. The van der Waals surface area contributed by atoms with Gasteiger partial charge in [0.2, 0.25) is 5.82 Å². The smallest absolute Gasteiger partial charge is 0.305 e. The van der Waals surface area contributed by atoms with E-state index >= 15 is 0 Å². The number of rotatable bonds is 3. The second kappa shape index (κ2) is 3.34. The molecule has 0 bridgehead atoms. The standard InChI is InChI=1S/C9H8FNO3/c10-8-2-1-6(3-7-5-14-7)4-9(8)11(12)13/h1-2,4,7H,3,5H2. The maximum Gasteiger partial charge on any atom is 0.305 e. The minimum absolute atomic E-state index is 0.153. The third-order valence-corrected chi connectivity index (χ3v) is 2.07. The van der Waals surface area contributed by atoms with Crippen molar-refractivity contribution in [3.8, 4) is 0 Å². The molecule has 1 atom stereocenters. The molecule has 4 nitrogen and oxygen atoms in total. The molecule has 2 rings (SSSR count). The number of ether oxygens (including phenoxy) is 1. The third kappa shape index (κ3) is 1.88. The lowest BCUT2D eigenvalue weighted by Gasteiger charge is -1.98. The SMILES string of the molecule is O=[N+]([O-])c1cc(CC2CO2)ccc1F. The molecule has 1 aliphatic rings. The fraction of sp³-hybridized carbons (Fsp3) is 0.333. The summed E-state index contributed by atoms with van der Waals surface area (Å²) in [5, 5.41) is 10.4. The molecular formula is C9H8FNO3. The largest absolute Gasteiger partial charge is 0.373 e. The van der Waals surface area contributed by atoms with Crippen LogP contribution in [0.25, 0.3) is 0 Å². The van der Waals surface area contributed by atoms with E-state index in [9.17, 15) is 14.5 Å². The van der Waals surface area contributed by atoms with Crippen LogP contribution in [0.5, 0.6) is 0 Å². The van der Waals surface area contributed by atoms with E-state index in [0.717, 1.165) is 11.6 Å². The van der Waals surface area contributed by atoms with E-state index < -0.39 is 16.4 Å². The van der Waals surface area contributed by atoms with Crippen molar-refractivity contribution in [2.45, 2.75) is 12.5 Å². The van der Waals surface area contributed by atoms with Gasteiger partial charge in [-0.25, -0.2) is 0 Å². The van der Waals surface area contributed by atoms with Crippen LogP contribution in [0.2, 0.25) is 0 Å². The third-order valence-electron chi connectivity index (χ3n) is 2.07. The second-order valence-electron chi connectivity index (χ2n) is 3.20. The topological polar surface area (TPSA) is 55.7 Å². The van der Waals surface area contributed by atoms with Crippen molar-refractivity contribution in [1.82, 2.24) is 0 Å². The van der Waals surface area contributed by atoms with Crippen LogP contribution in [0.4, 0.5) is 10.1 Å². The van der Waals surface area contributed by atoms with Crippen molar-refractivity contribution in [3.63, 3.8) is 0 Å².